The van der Waals surface area contributed by atoms with Crippen molar-refractivity contribution in [3.63, 3.8) is 0 Å². The van der Waals surface area contributed by atoms with Gasteiger partial charge >= 0.3 is 0 Å². The first-order chi connectivity index (χ1) is 5.86. The van der Waals surface area contributed by atoms with E-state index in [2.05, 4.69) is 4.90 Å². The Morgan fingerprint density at radius 3 is 2.50 bits per heavy atom. The number of hydrogen-bond acceptors (Lipinski definition) is 3. The van der Waals surface area contributed by atoms with E-state index in [4.69, 9.17) is 10.5 Å². The van der Waals surface area contributed by atoms with Crippen molar-refractivity contribution < 1.29 is 4.74 Å². The zero-order valence-electron chi connectivity index (χ0n) is 7.54. The predicted molar refractivity (Wildman–Crippen MR) is 48.0 cm³/mol. The molecular formula is C9H18N2O. The summed E-state index contributed by atoms with van der Waals surface area (Å²) in [6.45, 7) is 4.03. The van der Waals surface area contributed by atoms with Crippen LogP contribution in [0.15, 0.2) is 0 Å². The van der Waals surface area contributed by atoms with Crippen molar-refractivity contribution in [3.8, 4) is 0 Å². The van der Waals surface area contributed by atoms with E-state index in [9.17, 15) is 0 Å². The second-order valence-electron chi connectivity index (χ2n) is 3.88. The largest absolute Gasteiger partial charge is 0.379 e. The Kier molecular flexibility index (Phi) is 2.63. The third kappa shape index (κ3) is 1.79. The van der Waals surface area contributed by atoms with Crippen LogP contribution in [0.5, 0.6) is 0 Å². The number of hydrogen-bond donors (Lipinski definition) is 1. The molecule has 0 bridgehead atoms. The lowest BCUT2D eigenvalue weighted by molar-refractivity contribution is 0.0178. The van der Waals surface area contributed by atoms with Crippen molar-refractivity contribution in [2.75, 3.05) is 26.3 Å². The molecule has 1 saturated carbocycles. The Hall–Kier alpha value is -0.120. The first kappa shape index (κ1) is 8.48. The summed E-state index contributed by atoms with van der Waals surface area (Å²) in [5, 5.41) is 0. The molecule has 0 amide bonds. The Morgan fingerprint density at radius 1 is 1.17 bits per heavy atom. The summed E-state index contributed by atoms with van der Waals surface area (Å²) in [5.41, 5.74) is 5.87. The van der Waals surface area contributed by atoms with Crippen molar-refractivity contribution in [2.45, 2.75) is 31.3 Å². The van der Waals surface area contributed by atoms with E-state index in [1.165, 1.54) is 19.3 Å². The molecule has 0 aromatic carbocycles. The first-order valence-corrected chi connectivity index (χ1v) is 4.93. The number of nitrogens with zero attached hydrogens (tertiary/aromatic N) is 1. The van der Waals surface area contributed by atoms with Gasteiger partial charge in [-0.2, -0.15) is 0 Å². The van der Waals surface area contributed by atoms with Gasteiger partial charge in [0.2, 0.25) is 0 Å². The van der Waals surface area contributed by atoms with Crippen LogP contribution in [-0.4, -0.2) is 43.3 Å². The highest BCUT2D eigenvalue weighted by molar-refractivity contribution is 4.85. The third-order valence-corrected chi connectivity index (χ3v) is 3.01. The van der Waals surface area contributed by atoms with E-state index in [0.29, 0.717) is 6.04 Å². The highest BCUT2D eigenvalue weighted by Crippen LogP contribution is 2.23. The van der Waals surface area contributed by atoms with E-state index < -0.39 is 0 Å². The molecule has 12 heavy (non-hydrogen) atoms. The molecule has 0 spiro atoms. The topological polar surface area (TPSA) is 38.5 Å². The molecule has 2 aliphatic rings. The quantitative estimate of drug-likeness (QED) is 0.611. The van der Waals surface area contributed by atoms with Gasteiger partial charge in [0.1, 0.15) is 0 Å². The maximum Gasteiger partial charge on any atom is 0.0594 e. The molecule has 0 unspecified atom stereocenters. The first-order valence-electron chi connectivity index (χ1n) is 4.93. The molecule has 2 fully saturated rings. The molecule has 3 heteroatoms. The van der Waals surface area contributed by atoms with Crippen LogP contribution in [0.4, 0.5) is 0 Å². The Labute approximate surface area is 73.9 Å². The molecule has 1 saturated heterocycles. The highest BCUT2D eigenvalue weighted by atomic mass is 16.5. The standard InChI is InChI=1S/C9H18N2O/c10-8-1-2-9(7-8)11-3-5-12-6-4-11/h8-9H,1-7,10H2/t8-,9+/m0/s1. The fourth-order valence-corrected chi connectivity index (χ4v) is 2.27. The SMILES string of the molecule is N[C@H]1CC[C@@H](N2CCOCC2)C1. The van der Waals surface area contributed by atoms with Gasteiger partial charge in [-0.15, -0.1) is 0 Å². The molecule has 70 valence electrons. The van der Waals surface area contributed by atoms with Crippen LogP contribution >= 0.6 is 0 Å². The maximum absolute atomic E-state index is 5.87. The Morgan fingerprint density at radius 2 is 1.92 bits per heavy atom. The predicted octanol–water partition coefficient (Wildman–Crippen LogP) is 0.198. The van der Waals surface area contributed by atoms with Gasteiger partial charge in [0.05, 0.1) is 13.2 Å². The maximum atomic E-state index is 5.87. The lowest BCUT2D eigenvalue weighted by Gasteiger charge is -2.32. The van der Waals surface area contributed by atoms with Crippen molar-refractivity contribution in [1.29, 1.82) is 0 Å². The zero-order valence-corrected chi connectivity index (χ0v) is 7.54. The molecule has 2 N–H and O–H groups in total. The molecule has 0 aromatic heterocycles. The normalized spacial score (nSPS) is 38.8. The summed E-state index contributed by atoms with van der Waals surface area (Å²) < 4.78 is 5.31. The Balaban J connectivity index is 1.83. The molecule has 1 aliphatic heterocycles. The Bertz CT molecular complexity index is 143. The van der Waals surface area contributed by atoms with E-state index in [1.54, 1.807) is 0 Å². The highest BCUT2D eigenvalue weighted by Gasteiger charge is 2.27. The van der Waals surface area contributed by atoms with Gasteiger partial charge in [0.25, 0.3) is 0 Å². The van der Waals surface area contributed by atoms with Crippen molar-refractivity contribution >= 4 is 0 Å². The summed E-state index contributed by atoms with van der Waals surface area (Å²) in [4.78, 5) is 2.54. The minimum absolute atomic E-state index is 0.456. The number of rotatable bonds is 1. The van der Waals surface area contributed by atoms with Crippen molar-refractivity contribution in [1.82, 2.24) is 4.90 Å². The number of morpholine rings is 1. The fourth-order valence-electron chi connectivity index (χ4n) is 2.27. The summed E-state index contributed by atoms with van der Waals surface area (Å²) in [6, 6.07) is 1.21. The second-order valence-corrected chi connectivity index (χ2v) is 3.88. The van der Waals surface area contributed by atoms with Crippen LogP contribution in [0.25, 0.3) is 0 Å². The molecular weight excluding hydrogens is 152 g/mol. The van der Waals surface area contributed by atoms with Crippen molar-refractivity contribution in [3.05, 3.63) is 0 Å². The molecule has 3 nitrogen and oxygen atoms in total. The van der Waals surface area contributed by atoms with Crippen LogP contribution in [0.2, 0.25) is 0 Å². The van der Waals surface area contributed by atoms with Gasteiger partial charge in [-0.3, -0.25) is 4.90 Å². The van der Waals surface area contributed by atoms with Crippen LogP contribution in [0.3, 0.4) is 0 Å². The minimum atomic E-state index is 0.456. The smallest absolute Gasteiger partial charge is 0.0594 e. The zero-order chi connectivity index (χ0) is 8.39. The number of ether oxygens (including phenoxy) is 1. The van der Waals surface area contributed by atoms with Crippen LogP contribution in [-0.2, 0) is 4.74 Å². The lowest BCUT2D eigenvalue weighted by atomic mass is 10.2. The summed E-state index contributed by atoms with van der Waals surface area (Å²) in [5.74, 6) is 0. The van der Waals surface area contributed by atoms with E-state index in [1.807, 2.05) is 0 Å². The summed E-state index contributed by atoms with van der Waals surface area (Å²) in [6.07, 6.45) is 3.70. The van der Waals surface area contributed by atoms with Crippen molar-refractivity contribution in [2.24, 2.45) is 5.73 Å². The van der Waals surface area contributed by atoms with Gasteiger partial charge < -0.3 is 10.5 Å². The van der Waals surface area contributed by atoms with E-state index >= 15 is 0 Å². The van der Waals surface area contributed by atoms with E-state index in [0.717, 1.165) is 32.3 Å². The van der Waals surface area contributed by atoms with Gasteiger partial charge in [-0.05, 0) is 19.3 Å². The van der Waals surface area contributed by atoms with Crippen LogP contribution in [0.1, 0.15) is 19.3 Å². The van der Waals surface area contributed by atoms with Crippen LogP contribution < -0.4 is 5.73 Å². The second kappa shape index (κ2) is 3.73. The van der Waals surface area contributed by atoms with Gasteiger partial charge in [0, 0.05) is 25.2 Å². The minimum Gasteiger partial charge on any atom is -0.379 e. The molecule has 0 aromatic rings. The summed E-state index contributed by atoms with van der Waals surface area (Å²) >= 11 is 0. The lowest BCUT2D eigenvalue weighted by Crippen LogP contribution is -2.42. The van der Waals surface area contributed by atoms with Gasteiger partial charge in [0.15, 0.2) is 0 Å². The number of nitrogens with two attached hydrogens (primary N) is 1. The average molecular weight is 170 g/mol. The molecule has 2 atom stereocenters. The molecule has 0 radical (unpaired) electrons. The fraction of sp³-hybridized carbons (Fsp3) is 1.00. The molecule has 2 rings (SSSR count). The van der Waals surface area contributed by atoms with E-state index in [-0.39, 0.29) is 0 Å². The monoisotopic (exact) mass is 170 g/mol. The third-order valence-electron chi connectivity index (χ3n) is 3.01. The van der Waals surface area contributed by atoms with Crippen LogP contribution in [0, 0.1) is 0 Å². The molecule has 1 heterocycles. The summed E-state index contributed by atoms with van der Waals surface area (Å²) in [7, 11) is 0. The molecule has 1 aliphatic carbocycles. The van der Waals surface area contributed by atoms with Gasteiger partial charge in [-0.25, -0.2) is 0 Å². The average Bonchev–Trinajstić information content (AvgIpc) is 2.54. The van der Waals surface area contributed by atoms with Gasteiger partial charge in [-0.1, -0.05) is 0 Å².